The van der Waals surface area contributed by atoms with Gasteiger partial charge in [-0.2, -0.15) is 0 Å². The first-order valence-electron chi connectivity index (χ1n) is 7.88. The molecule has 0 radical (unpaired) electrons. The Morgan fingerprint density at radius 3 is 2.95 bits per heavy atom. The Hall–Kier alpha value is -1.06. The second kappa shape index (κ2) is 7.81. The zero-order chi connectivity index (χ0) is 13.8. The Balaban J connectivity index is 0.00000161. The number of fused-ring (bicyclic) bond motifs is 1. The van der Waals surface area contributed by atoms with Gasteiger partial charge in [-0.3, -0.25) is 4.79 Å². The van der Waals surface area contributed by atoms with Crippen LogP contribution in [-0.4, -0.2) is 25.5 Å². The van der Waals surface area contributed by atoms with Crippen LogP contribution in [-0.2, 0) is 11.2 Å². The fourth-order valence-electron chi connectivity index (χ4n) is 3.48. The first kappa shape index (κ1) is 16.3. The fourth-order valence-corrected chi connectivity index (χ4v) is 3.48. The van der Waals surface area contributed by atoms with Crippen LogP contribution in [0.2, 0.25) is 0 Å². The summed E-state index contributed by atoms with van der Waals surface area (Å²) >= 11 is 0. The standard InChI is InChI=1S/C17H24N2O.ClH/c20-17(8-5-13-9-10-18-11-13)19-12-15-7-6-14-3-1-2-4-16(14)15;/h1-4,13,15,18H,5-12H2,(H,19,20);1H. The number of amides is 1. The summed E-state index contributed by atoms with van der Waals surface area (Å²) in [4.78, 5) is 11.9. The summed E-state index contributed by atoms with van der Waals surface area (Å²) < 4.78 is 0. The second-order valence-corrected chi connectivity index (χ2v) is 6.14. The molecule has 1 heterocycles. The van der Waals surface area contributed by atoms with E-state index in [1.807, 2.05) is 0 Å². The average Bonchev–Trinajstić information content (AvgIpc) is 3.12. The van der Waals surface area contributed by atoms with E-state index in [4.69, 9.17) is 0 Å². The van der Waals surface area contributed by atoms with Crippen LogP contribution in [0.4, 0.5) is 0 Å². The summed E-state index contributed by atoms with van der Waals surface area (Å²) in [5.74, 6) is 1.44. The zero-order valence-electron chi connectivity index (χ0n) is 12.4. The molecule has 1 amide bonds. The van der Waals surface area contributed by atoms with E-state index >= 15 is 0 Å². The van der Waals surface area contributed by atoms with E-state index in [0.29, 0.717) is 18.3 Å². The number of benzene rings is 1. The second-order valence-electron chi connectivity index (χ2n) is 6.14. The third-order valence-corrected chi connectivity index (χ3v) is 4.74. The van der Waals surface area contributed by atoms with Gasteiger partial charge in [0.05, 0.1) is 0 Å². The van der Waals surface area contributed by atoms with Crippen LogP contribution in [0.25, 0.3) is 0 Å². The number of rotatable bonds is 5. The van der Waals surface area contributed by atoms with Gasteiger partial charge in [0.25, 0.3) is 0 Å². The lowest BCUT2D eigenvalue weighted by molar-refractivity contribution is -0.121. The van der Waals surface area contributed by atoms with Crippen LogP contribution in [0.5, 0.6) is 0 Å². The van der Waals surface area contributed by atoms with E-state index in [2.05, 4.69) is 34.9 Å². The average molecular weight is 309 g/mol. The number of aryl methyl sites for hydroxylation is 1. The summed E-state index contributed by atoms with van der Waals surface area (Å²) in [6.07, 6.45) is 5.26. The lowest BCUT2D eigenvalue weighted by atomic mass is 10.0. The van der Waals surface area contributed by atoms with Crippen molar-refractivity contribution in [1.29, 1.82) is 0 Å². The van der Waals surface area contributed by atoms with Crippen molar-refractivity contribution in [2.45, 2.75) is 38.0 Å². The Labute approximate surface area is 133 Å². The largest absolute Gasteiger partial charge is 0.355 e. The van der Waals surface area contributed by atoms with Crippen LogP contribution in [0, 0.1) is 5.92 Å². The molecule has 1 aliphatic carbocycles. The van der Waals surface area contributed by atoms with Crippen molar-refractivity contribution in [2.75, 3.05) is 19.6 Å². The predicted octanol–water partition coefficient (Wildman–Crippen LogP) is 2.64. The van der Waals surface area contributed by atoms with Crippen LogP contribution >= 0.6 is 12.4 Å². The third-order valence-electron chi connectivity index (χ3n) is 4.74. The predicted molar refractivity (Wildman–Crippen MR) is 88.0 cm³/mol. The third kappa shape index (κ3) is 4.21. The number of hydrogen-bond acceptors (Lipinski definition) is 2. The molecule has 116 valence electrons. The van der Waals surface area contributed by atoms with Crippen molar-refractivity contribution in [3.05, 3.63) is 35.4 Å². The zero-order valence-corrected chi connectivity index (χ0v) is 13.3. The Kier molecular flexibility index (Phi) is 6.07. The Bertz CT molecular complexity index is 472. The molecular formula is C17H25ClN2O. The van der Waals surface area contributed by atoms with Crippen LogP contribution in [0.1, 0.15) is 42.7 Å². The SMILES string of the molecule is Cl.O=C(CCC1CCNC1)NCC1CCc2ccccc21. The van der Waals surface area contributed by atoms with E-state index in [1.165, 1.54) is 24.0 Å². The van der Waals surface area contributed by atoms with Gasteiger partial charge >= 0.3 is 0 Å². The minimum atomic E-state index is 0. The first-order chi connectivity index (χ1) is 9.83. The summed E-state index contributed by atoms with van der Waals surface area (Å²) in [5, 5.41) is 6.48. The van der Waals surface area contributed by atoms with E-state index in [9.17, 15) is 4.79 Å². The molecule has 1 fully saturated rings. The highest BCUT2D eigenvalue weighted by molar-refractivity contribution is 5.85. The van der Waals surface area contributed by atoms with E-state index < -0.39 is 0 Å². The van der Waals surface area contributed by atoms with Gasteiger partial charge in [-0.05, 0) is 55.8 Å². The normalized spacial score (nSPS) is 23.4. The van der Waals surface area contributed by atoms with Crippen molar-refractivity contribution in [1.82, 2.24) is 10.6 Å². The molecule has 3 rings (SSSR count). The molecule has 2 atom stereocenters. The minimum Gasteiger partial charge on any atom is -0.355 e. The van der Waals surface area contributed by atoms with Crippen molar-refractivity contribution < 1.29 is 4.79 Å². The maximum absolute atomic E-state index is 11.9. The molecule has 1 aliphatic heterocycles. The maximum atomic E-state index is 11.9. The van der Waals surface area contributed by atoms with Crippen LogP contribution in [0.3, 0.4) is 0 Å². The first-order valence-corrected chi connectivity index (χ1v) is 7.88. The molecule has 21 heavy (non-hydrogen) atoms. The van der Waals surface area contributed by atoms with Crippen molar-refractivity contribution in [3.8, 4) is 0 Å². The van der Waals surface area contributed by atoms with Crippen molar-refractivity contribution in [3.63, 3.8) is 0 Å². The molecule has 2 unspecified atom stereocenters. The van der Waals surface area contributed by atoms with E-state index in [0.717, 1.165) is 32.5 Å². The molecule has 0 aromatic heterocycles. The molecule has 1 aromatic carbocycles. The fraction of sp³-hybridized carbons (Fsp3) is 0.588. The van der Waals surface area contributed by atoms with Crippen LogP contribution < -0.4 is 10.6 Å². The number of carbonyl (C=O) groups is 1. The van der Waals surface area contributed by atoms with Gasteiger partial charge < -0.3 is 10.6 Å². The van der Waals surface area contributed by atoms with Crippen molar-refractivity contribution in [2.24, 2.45) is 5.92 Å². The number of hydrogen-bond donors (Lipinski definition) is 2. The summed E-state index contributed by atoms with van der Waals surface area (Å²) in [5.41, 5.74) is 2.90. The molecule has 0 bridgehead atoms. The molecule has 3 nitrogen and oxygen atoms in total. The van der Waals surface area contributed by atoms with Gasteiger partial charge in [-0.1, -0.05) is 24.3 Å². The number of nitrogens with one attached hydrogen (secondary N) is 2. The van der Waals surface area contributed by atoms with Crippen molar-refractivity contribution >= 4 is 18.3 Å². The summed E-state index contributed by atoms with van der Waals surface area (Å²) in [6.45, 7) is 3.01. The monoisotopic (exact) mass is 308 g/mol. The van der Waals surface area contributed by atoms with Gasteiger partial charge in [-0.25, -0.2) is 0 Å². The highest BCUT2D eigenvalue weighted by Crippen LogP contribution is 2.32. The van der Waals surface area contributed by atoms with E-state index in [1.54, 1.807) is 0 Å². The quantitative estimate of drug-likeness (QED) is 0.878. The van der Waals surface area contributed by atoms with E-state index in [-0.39, 0.29) is 18.3 Å². The Morgan fingerprint density at radius 1 is 1.29 bits per heavy atom. The number of halogens is 1. The number of carbonyl (C=O) groups excluding carboxylic acids is 1. The lowest BCUT2D eigenvalue weighted by Crippen LogP contribution is -2.28. The molecule has 0 saturated carbocycles. The lowest BCUT2D eigenvalue weighted by Gasteiger charge is -2.13. The summed E-state index contributed by atoms with van der Waals surface area (Å²) in [7, 11) is 0. The molecule has 1 saturated heterocycles. The van der Waals surface area contributed by atoms with Gasteiger partial charge in [0, 0.05) is 18.9 Å². The Morgan fingerprint density at radius 2 is 2.14 bits per heavy atom. The topological polar surface area (TPSA) is 41.1 Å². The molecule has 4 heteroatoms. The van der Waals surface area contributed by atoms with Gasteiger partial charge in [0.15, 0.2) is 0 Å². The highest BCUT2D eigenvalue weighted by Gasteiger charge is 2.22. The summed E-state index contributed by atoms with van der Waals surface area (Å²) in [6, 6.07) is 8.63. The molecule has 2 aliphatic rings. The minimum absolute atomic E-state index is 0. The molecule has 2 N–H and O–H groups in total. The molecule has 0 spiro atoms. The van der Waals surface area contributed by atoms with Crippen LogP contribution in [0.15, 0.2) is 24.3 Å². The maximum Gasteiger partial charge on any atom is 0.220 e. The smallest absolute Gasteiger partial charge is 0.220 e. The van der Waals surface area contributed by atoms with Gasteiger partial charge in [0.2, 0.25) is 5.91 Å². The van der Waals surface area contributed by atoms with Gasteiger partial charge in [-0.15, -0.1) is 12.4 Å². The van der Waals surface area contributed by atoms with Gasteiger partial charge in [0.1, 0.15) is 0 Å². The molecule has 1 aromatic rings. The highest BCUT2D eigenvalue weighted by atomic mass is 35.5. The molecular weight excluding hydrogens is 284 g/mol.